The van der Waals surface area contributed by atoms with Gasteiger partial charge >= 0.3 is 0 Å². The van der Waals surface area contributed by atoms with Crippen molar-refractivity contribution < 1.29 is 4.52 Å². The summed E-state index contributed by atoms with van der Waals surface area (Å²) in [6.07, 6.45) is 4.76. The number of aromatic nitrogens is 2. The minimum absolute atomic E-state index is 0.603. The summed E-state index contributed by atoms with van der Waals surface area (Å²) in [5.41, 5.74) is 0. The highest BCUT2D eigenvalue weighted by atomic mass is 16.5. The average molecular weight is 266 g/mol. The van der Waals surface area contributed by atoms with Crippen LogP contribution < -0.4 is 5.32 Å². The number of nitrogens with zero attached hydrogens (tertiary/aromatic N) is 3. The van der Waals surface area contributed by atoms with Gasteiger partial charge in [-0.1, -0.05) is 19.0 Å². The second-order valence-electron chi connectivity index (χ2n) is 5.57. The Bertz CT molecular complexity index is 354. The van der Waals surface area contributed by atoms with Gasteiger partial charge in [0.2, 0.25) is 5.89 Å². The van der Waals surface area contributed by atoms with Gasteiger partial charge in [0.25, 0.3) is 0 Å². The van der Waals surface area contributed by atoms with E-state index in [1.165, 1.54) is 19.2 Å². The molecule has 1 aromatic rings. The Labute approximate surface area is 115 Å². The van der Waals surface area contributed by atoms with E-state index < -0.39 is 0 Å². The molecule has 0 spiro atoms. The molecule has 5 heteroatoms. The molecule has 19 heavy (non-hydrogen) atoms. The zero-order chi connectivity index (χ0) is 13.7. The van der Waals surface area contributed by atoms with Crippen LogP contribution in [0.3, 0.4) is 0 Å². The molecule has 1 saturated heterocycles. The molecule has 0 bridgehead atoms. The van der Waals surface area contributed by atoms with Crippen molar-refractivity contribution in [2.75, 3.05) is 19.6 Å². The molecular weight excluding hydrogens is 240 g/mol. The van der Waals surface area contributed by atoms with Crippen LogP contribution in [0.25, 0.3) is 0 Å². The highest BCUT2D eigenvalue weighted by molar-refractivity contribution is 4.89. The first kappa shape index (κ1) is 14.5. The quantitative estimate of drug-likeness (QED) is 0.849. The van der Waals surface area contributed by atoms with Gasteiger partial charge in [-0.15, -0.1) is 0 Å². The SMILES string of the molecule is CCCNC1CCN(CCc2ncno2)C(C)C1C. The lowest BCUT2D eigenvalue weighted by atomic mass is 9.87. The molecule has 0 saturated carbocycles. The van der Waals surface area contributed by atoms with Crippen LogP contribution >= 0.6 is 0 Å². The van der Waals surface area contributed by atoms with E-state index >= 15 is 0 Å². The van der Waals surface area contributed by atoms with E-state index in [4.69, 9.17) is 4.52 Å². The van der Waals surface area contributed by atoms with E-state index in [1.54, 1.807) is 0 Å². The van der Waals surface area contributed by atoms with Crippen LogP contribution in [0.4, 0.5) is 0 Å². The molecule has 1 fully saturated rings. The fourth-order valence-corrected chi connectivity index (χ4v) is 2.92. The summed E-state index contributed by atoms with van der Waals surface area (Å²) < 4.78 is 5.06. The zero-order valence-electron chi connectivity index (χ0n) is 12.3. The monoisotopic (exact) mass is 266 g/mol. The number of likely N-dealkylation sites (tertiary alicyclic amines) is 1. The molecule has 5 nitrogen and oxygen atoms in total. The Morgan fingerprint density at radius 3 is 3.00 bits per heavy atom. The largest absolute Gasteiger partial charge is 0.340 e. The van der Waals surface area contributed by atoms with Crippen LogP contribution in [0.1, 0.15) is 39.5 Å². The predicted octanol–water partition coefficient (Wildman–Crippen LogP) is 1.71. The van der Waals surface area contributed by atoms with Gasteiger partial charge in [-0.3, -0.25) is 4.90 Å². The number of hydrogen-bond acceptors (Lipinski definition) is 5. The van der Waals surface area contributed by atoms with E-state index in [-0.39, 0.29) is 0 Å². The van der Waals surface area contributed by atoms with Gasteiger partial charge in [-0.2, -0.15) is 4.98 Å². The number of nitrogens with one attached hydrogen (secondary N) is 1. The maximum atomic E-state index is 5.06. The second kappa shape index (κ2) is 7.01. The van der Waals surface area contributed by atoms with Crippen molar-refractivity contribution in [1.29, 1.82) is 0 Å². The Kier molecular flexibility index (Phi) is 5.34. The standard InChI is InChI=1S/C14H26N4O/c1-4-7-15-13-5-8-18(12(3)11(13)2)9-6-14-16-10-17-19-14/h10-13,15H,4-9H2,1-3H3. The van der Waals surface area contributed by atoms with Crippen molar-refractivity contribution in [1.82, 2.24) is 20.4 Å². The summed E-state index contributed by atoms with van der Waals surface area (Å²) >= 11 is 0. The maximum Gasteiger partial charge on any atom is 0.227 e. The molecule has 2 heterocycles. The first-order valence-electron chi connectivity index (χ1n) is 7.45. The molecule has 0 amide bonds. The molecule has 1 aromatic heterocycles. The van der Waals surface area contributed by atoms with Gasteiger partial charge in [-0.05, 0) is 38.8 Å². The van der Waals surface area contributed by atoms with Crippen molar-refractivity contribution in [2.24, 2.45) is 5.92 Å². The molecule has 0 aliphatic carbocycles. The Balaban J connectivity index is 1.81. The summed E-state index contributed by atoms with van der Waals surface area (Å²) in [5, 5.41) is 7.33. The van der Waals surface area contributed by atoms with Gasteiger partial charge in [-0.25, -0.2) is 0 Å². The van der Waals surface area contributed by atoms with Gasteiger partial charge in [0, 0.05) is 25.0 Å². The molecule has 3 atom stereocenters. The number of hydrogen-bond donors (Lipinski definition) is 1. The fraction of sp³-hybridized carbons (Fsp3) is 0.857. The Hall–Kier alpha value is -0.940. The van der Waals surface area contributed by atoms with E-state index in [1.807, 2.05) is 0 Å². The van der Waals surface area contributed by atoms with Gasteiger partial charge < -0.3 is 9.84 Å². The molecule has 0 aromatic carbocycles. The third-order valence-corrected chi connectivity index (χ3v) is 4.38. The van der Waals surface area contributed by atoms with Crippen molar-refractivity contribution in [3.63, 3.8) is 0 Å². The van der Waals surface area contributed by atoms with Crippen LogP contribution in [0.5, 0.6) is 0 Å². The Morgan fingerprint density at radius 2 is 2.32 bits per heavy atom. The lowest BCUT2D eigenvalue weighted by Crippen LogP contribution is -2.53. The van der Waals surface area contributed by atoms with Crippen molar-refractivity contribution in [3.05, 3.63) is 12.2 Å². The van der Waals surface area contributed by atoms with Gasteiger partial charge in [0.05, 0.1) is 0 Å². The molecule has 1 aliphatic heterocycles. The van der Waals surface area contributed by atoms with Crippen molar-refractivity contribution >= 4 is 0 Å². The topological polar surface area (TPSA) is 54.2 Å². The predicted molar refractivity (Wildman–Crippen MR) is 74.9 cm³/mol. The van der Waals surface area contributed by atoms with Crippen LogP contribution in [-0.2, 0) is 6.42 Å². The molecule has 3 unspecified atom stereocenters. The highest BCUT2D eigenvalue weighted by Gasteiger charge is 2.31. The van der Waals surface area contributed by atoms with Crippen LogP contribution in [0.15, 0.2) is 10.9 Å². The molecular formula is C14H26N4O. The Morgan fingerprint density at radius 1 is 1.47 bits per heavy atom. The summed E-state index contributed by atoms with van der Waals surface area (Å²) in [7, 11) is 0. The van der Waals surface area contributed by atoms with Crippen molar-refractivity contribution in [3.8, 4) is 0 Å². The first-order chi connectivity index (χ1) is 9.22. The molecule has 2 rings (SSSR count). The second-order valence-corrected chi connectivity index (χ2v) is 5.57. The molecule has 1 aliphatic rings. The lowest BCUT2D eigenvalue weighted by molar-refractivity contribution is 0.0841. The van der Waals surface area contributed by atoms with E-state index in [2.05, 4.69) is 41.1 Å². The molecule has 108 valence electrons. The van der Waals surface area contributed by atoms with Gasteiger partial charge in [0.15, 0.2) is 6.33 Å². The maximum absolute atomic E-state index is 5.06. The number of piperidine rings is 1. The lowest BCUT2D eigenvalue weighted by Gasteiger charge is -2.43. The summed E-state index contributed by atoms with van der Waals surface area (Å²) in [6, 6.07) is 1.26. The summed E-state index contributed by atoms with van der Waals surface area (Å²) in [5.74, 6) is 1.43. The summed E-state index contributed by atoms with van der Waals surface area (Å²) in [6.45, 7) is 10.2. The number of rotatable bonds is 6. The van der Waals surface area contributed by atoms with Crippen molar-refractivity contribution in [2.45, 2.75) is 52.1 Å². The van der Waals surface area contributed by atoms with Crippen LogP contribution in [0.2, 0.25) is 0 Å². The molecule has 0 radical (unpaired) electrons. The smallest absolute Gasteiger partial charge is 0.227 e. The van der Waals surface area contributed by atoms with Gasteiger partial charge in [0.1, 0.15) is 0 Å². The fourth-order valence-electron chi connectivity index (χ4n) is 2.92. The van der Waals surface area contributed by atoms with Crippen LogP contribution in [-0.4, -0.2) is 46.8 Å². The normalized spacial score (nSPS) is 28.7. The molecule has 1 N–H and O–H groups in total. The van der Waals surface area contributed by atoms with E-state index in [0.29, 0.717) is 18.0 Å². The minimum Gasteiger partial charge on any atom is -0.340 e. The van der Waals surface area contributed by atoms with Crippen LogP contribution in [0, 0.1) is 5.92 Å². The van der Waals surface area contributed by atoms with E-state index in [9.17, 15) is 0 Å². The first-order valence-corrected chi connectivity index (χ1v) is 7.45. The van der Waals surface area contributed by atoms with E-state index in [0.717, 1.165) is 31.9 Å². The minimum atomic E-state index is 0.603. The third kappa shape index (κ3) is 3.76. The summed E-state index contributed by atoms with van der Waals surface area (Å²) in [4.78, 5) is 6.62. The average Bonchev–Trinajstić information content (AvgIpc) is 2.92. The highest BCUT2D eigenvalue weighted by Crippen LogP contribution is 2.23. The zero-order valence-corrected chi connectivity index (χ0v) is 12.3. The third-order valence-electron chi connectivity index (χ3n) is 4.38.